The lowest BCUT2D eigenvalue weighted by Gasteiger charge is -2.37. The molecule has 1 aliphatic rings. The maximum absolute atomic E-state index is 5.68. The average Bonchev–Trinajstić information content (AvgIpc) is 2.83. The van der Waals surface area contributed by atoms with E-state index in [-0.39, 0.29) is 6.04 Å². The molecule has 0 unspecified atom stereocenters. The Kier molecular flexibility index (Phi) is 6.36. The number of fused-ring (bicyclic) bond motifs is 1. The molecular formula is C23H27N5O2S. The van der Waals surface area contributed by atoms with Crippen molar-refractivity contribution in [1.82, 2.24) is 20.2 Å². The SMILES string of the molecule is COc1cc2ncnc(N3CCN(C(=S)N[C@H](C)c4ccccc4)CC3)c2cc1OC. The van der Waals surface area contributed by atoms with Crippen LogP contribution >= 0.6 is 12.2 Å². The van der Waals surface area contributed by atoms with Gasteiger partial charge < -0.3 is 24.6 Å². The van der Waals surface area contributed by atoms with Gasteiger partial charge in [-0.15, -0.1) is 0 Å². The summed E-state index contributed by atoms with van der Waals surface area (Å²) in [6.07, 6.45) is 1.60. The van der Waals surface area contributed by atoms with Crippen LogP contribution in [0.15, 0.2) is 48.8 Å². The standard InChI is InChI=1S/C23H27N5O2S/c1-16(17-7-5-4-6-8-17)26-23(31)28-11-9-27(10-12-28)22-18-13-20(29-2)21(30-3)14-19(18)24-15-25-22/h4-8,13-16H,9-12H2,1-3H3,(H,26,31)/t16-/m1/s1. The molecule has 0 amide bonds. The Labute approximate surface area is 188 Å². The maximum Gasteiger partial charge on any atom is 0.169 e. The Morgan fingerprint density at radius 3 is 2.35 bits per heavy atom. The number of ether oxygens (including phenoxy) is 2. The van der Waals surface area contributed by atoms with Crippen LogP contribution in [0.25, 0.3) is 10.9 Å². The second-order valence-corrected chi connectivity index (χ2v) is 7.86. The molecule has 4 rings (SSSR count). The lowest BCUT2D eigenvalue weighted by atomic mass is 10.1. The number of nitrogens with zero attached hydrogens (tertiary/aromatic N) is 4. The van der Waals surface area contributed by atoms with E-state index in [4.69, 9.17) is 21.7 Å². The summed E-state index contributed by atoms with van der Waals surface area (Å²) in [5.74, 6) is 2.24. The van der Waals surface area contributed by atoms with Crippen molar-refractivity contribution >= 4 is 34.1 Å². The van der Waals surface area contributed by atoms with Gasteiger partial charge in [-0.25, -0.2) is 9.97 Å². The van der Waals surface area contributed by atoms with Crippen molar-refractivity contribution in [3.63, 3.8) is 0 Å². The molecule has 8 heteroatoms. The molecule has 2 heterocycles. The van der Waals surface area contributed by atoms with Crippen LogP contribution < -0.4 is 19.7 Å². The molecule has 162 valence electrons. The van der Waals surface area contributed by atoms with E-state index in [0.29, 0.717) is 11.5 Å². The molecular weight excluding hydrogens is 410 g/mol. The molecule has 1 N–H and O–H groups in total. The zero-order valence-corrected chi connectivity index (χ0v) is 18.9. The number of hydrogen-bond donors (Lipinski definition) is 1. The smallest absolute Gasteiger partial charge is 0.169 e. The third kappa shape index (κ3) is 4.49. The number of rotatable bonds is 5. The Bertz CT molecular complexity index is 1050. The van der Waals surface area contributed by atoms with E-state index in [0.717, 1.165) is 48.0 Å². The molecule has 1 atom stereocenters. The molecule has 0 radical (unpaired) electrons. The summed E-state index contributed by atoms with van der Waals surface area (Å²) in [6, 6.07) is 14.3. The first-order chi connectivity index (χ1) is 15.1. The van der Waals surface area contributed by atoms with Gasteiger partial charge in [0, 0.05) is 37.6 Å². The fourth-order valence-electron chi connectivity index (χ4n) is 3.84. The highest BCUT2D eigenvalue weighted by Crippen LogP contribution is 2.34. The molecule has 1 saturated heterocycles. The van der Waals surface area contributed by atoms with Crippen molar-refractivity contribution in [2.24, 2.45) is 0 Å². The lowest BCUT2D eigenvalue weighted by Crippen LogP contribution is -2.52. The molecule has 7 nitrogen and oxygen atoms in total. The minimum atomic E-state index is 0.167. The van der Waals surface area contributed by atoms with Crippen LogP contribution in [0.2, 0.25) is 0 Å². The second-order valence-electron chi connectivity index (χ2n) is 7.48. The Morgan fingerprint density at radius 2 is 1.68 bits per heavy atom. The van der Waals surface area contributed by atoms with Crippen LogP contribution in [-0.2, 0) is 0 Å². The highest BCUT2D eigenvalue weighted by Gasteiger charge is 2.23. The minimum Gasteiger partial charge on any atom is -0.493 e. The van der Waals surface area contributed by atoms with Gasteiger partial charge in [-0.3, -0.25) is 0 Å². The fraction of sp³-hybridized carbons (Fsp3) is 0.348. The molecule has 1 aromatic heterocycles. The van der Waals surface area contributed by atoms with Crippen molar-refractivity contribution < 1.29 is 9.47 Å². The predicted octanol–water partition coefficient (Wildman–Crippen LogP) is 3.40. The molecule has 0 aliphatic carbocycles. The van der Waals surface area contributed by atoms with Crippen LogP contribution in [0.3, 0.4) is 0 Å². The van der Waals surface area contributed by atoms with Crippen molar-refractivity contribution in [3.8, 4) is 11.5 Å². The topological polar surface area (TPSA) is 62.8 Å². The predicted molar refractivity (Wildman–Crippen MR) is 127 cm³/mol. The monoisotopic (exact) mass is 437 g/mol. The van der Waals surface area contributed by atoms with Crippen molar-refractivity contribution in [1.29, 1.82) is 0 Å². The number of aromatic nitrogens is 2. The summed E-state index contributed by atoms with van der Waals surface area (Å²) >= 11 is 5.68. The number of nitrogens with one attached hydrogen (secondary N) is 1. The third-order valence-corrected chi connectivity index (χ3v) is 6.00. The average molecular weight is 438 g/mol. The van der Waals surface area contributed by atoms with Gasteiger partial charge in [-0.1, -0.05) is 30.3 Å². The number of anilines is 1. The number of piperazine rings is 1. The summed E-state index contributed by atoms with van der Waals surface area (Å²) < 4.78 is 10.9. The first-order valence-corrected chi connectivity index (χ1v) is 10.7. The molecule has 31 heavy (non-hydrogen) atoms. The number of hydrogen-bond acceptors (Lipinski definition) is 6. The summed E-state index contributed by atoms with van der Waals surface area (Å²) in [7, 11) is 3.26. The lowest BCUT2D eigenvalue weighted by molar-refractivity contribution is 0.355. The van der Waals surface area contributed by atoms with Crippen LogP contribution in [-0.4, -0.2) is 60.4 Å². The summed E-state index contributed by atoms with van der Waals surface area (Å²) in [4.78, 5) is 13.5. The molecule has 0 bridgehead atoms. The van der Waals surface area contributed by atoms with Crippen molar-refractivity contribution in [3.05, 3.63) is 54.4 Å². The van der Waals surface area contributed by atoms with Crippen molar-refractivity contribution in [2.45, 2.75) is 13.0 Å². The summed E-state index contributed by atoms with van der Waals surface area (Å²) in [5.41, 5.74) is 2.05. The van der Waals surface area contributed by atoms with E-state index in [1.165, 1.54) is 5.56 Å². The van der Waals surface area contributed by atoms with Gasteiger partial charge in [0.25, 0.3) is 0 Å². The Hall–Kier alpha value is -3.13. The molecule has 0 saturated carbocycles. The van der Waals surface area contributed by atoms with Gasteiger partial charge in [0.15, 0.2) is 16.6 Å². The van der Waals surface area contributed by atoms with E-state index >= 15 is 0 Å². The largest absolute Gasteiger partial charge is 0.493 e. The van der Waals surface area contributed by atoms with E-state index < -0.39 is 0 Å². The third-order valence-electron chi connectivity index (χ3n) is 5.63. The minimum absolute atomic E-state index is 0.167. The normalized spacial score (nSPS) is 14.9. The molecule has 0 spiro atoms. The number of thiocarbonyl (C=S) groups is 1. The highest BCUT2D eigenvalue weighted by molar-refractivity contribution is 7.80. The first kappa shape index (κ1) is 21.1. The van der Waals surface area contributed by atoms with Crippen LogP contribution in [0, 0.1) is 0 Å². The second kappa shape index (κ2) is 9.34. The van der Waals surface area contributed by atoms with E-state index in [1.54, 1.807) is 20.5 Å². The van der Waals surface area contributed by atoms with Crippen LogP contribution in [0.1, 0.15) is 18.5 Å². The van der Waals surface area contributed by atoms with Gasteiger partial charge in [0.2, 0.25) is 0 Å². The summed E-state index contributed by atoms with van der Waals surface area (Å²) in [6.45, 7) is 5.43. The zero-order valence-electron chi connectivity index (χ0n) is 18.0. The van der Waals surface area contributed by atoms with E-state index in [2.05, 4.69) is 44.1 Å². The van der Waals surface area contributed by atoms with Gasteiger partial charge >= 0.3 is 0 Å². The molecule has 1 aliphatic heterocycles. The van der Waals surface area contributed by atoms with Crippen molar-refractivity contribution in [2.75, 3.05) is 45.3 Å². The quantitative estimate of drug-likeness (QED) is 0.610. The summed E-state index contributed by atoms with van der Waals surface area (Å²) in [5, 5.41) is 5.20. The van der Waals surface area contributed by atoms with Gasteiger partial charge in [0.05, 0.1) is 25.8 Å². The fourth-order valence-corrected chi connectivity index (χ4v) is 4.20. The van der Waals surface area contributed by atoms with E-state index in [1.807, 2.05) is 30.3 Å². The van der Waals surface area contributed by atoms with E-state index in [9.17, 15) is 0 Å². The highest BCUT2D eigenvalue weighted by atomic mass is 32.1. The van der Waals surface area contributed by atoms with Crippen LogP contribution in [0.4, 0.5) is 5.82 Å². The van der Waals surface area contributed by atoms with Gasteiger partial charge in [-0.05, 0) is 30.8 Å². The molecule has 3 aromatic rings. The van der Waals surface area contributed by atoms with Gasteiger partial charge in [0.1, 0.15) is 12.1 Å². The Balaban J connectivity index is 1.45. The van der Waals surface area contributed by atoms with Gasteiger partial charge in [-0.2, -0.15) is 0 Å². The molecule has 2 aromatic carbocycles. The Morgan fingerprint density at radius 1 is 1.00 bits per heavy atom. The molecule has 1 fully saturated rings. The first-order valence-electron chi connectivity index (χ1n) is 10.3. The number of benzene rings is 2. The maximum atomic E-state index is 5.68. The zero-order chi connectivity index (χ0) is 21.8. The number of methoxy groups -OCH3 is 2. The van der Waals surface area contributed by atoms with Crippen LogP contribution in [0.5, 0.6) is 11.5 Å².